The summed E-state index contributed by atoms with van der Waals surface area (Å²) >= 11 is 4.69. The Morgan fingerprint density at radius 2 is 1.80 bits per heavy atom. The van der Waals surface area contributed by atoms with Crippen molar-refractivity contribution in [3.05, 3.63) is 28.8 Å². The third kappa shape index (κ3) is 2.74. The van der Waals surface area contributed by atoms with Crippen LogP contribution in [0.1, 0.15) is 37.5 Å². The molecule has 0 aliphatic carbocycles. The molecule has 0 fully saturated rings. The van der Waals surface area contributed by atoms with E-state index in [2.05, 4.69) is 56.9 Å². The van der Waals surface area contributed by atoms with E-state index in [1.807, 2.05) is 0 Å². The first-order chi connectivity index (χ1) is 6.86. The molecule has 0 aromatic heterocycles. The van der Waals surface area contributed by atoms with Crippen molar-refractivity contribution < 1.29 is 0 Å². The van der Waals surface area contributed by atoms with E-state index in [-0.39, 0.29) is 5.41 Å². The maximum absolute atomic E-state index is 4.69. The van der Waals surface area contributed by atoms with Crippen LogP contribution in [0.25, 0.3) is 0 Å². The third-order valence-electron chi connectivity index (χ3n) is 2.41. The molecular weight excluding hydrogens is 202 g/mol. The predicted octanol–water partition coefficient (Wildman–Crippen LogP) is 4.34. The molecule has 0 heterocycles. The van der Waals surface area contributed by atoms with Crippen molar-refractivity contribution in [3.63, 3.8) is 0 Å². The SMILES string of the molecule is Cc1cc(C)c(N=C=S)c(C(C)(C)C)c1. The van der Waals surface area contributed by atoms with Gasteiger partial charge >= 0.3 is 0 Å². The van der Waals surface area contributed by atoms with Gasteiger partial charge in [0.05, 0.1) is 10.8 Å². The van der Waals surface area contributed by atoms with Gasteiger partial charge in [0.2, 0.25) is 0 Å². The van der Waals surface area contributed by atoms with Crippen LogP contribution in [0.15, 0.2) is 17.1 Å². The molecule has 0 bridgehead atoms. The minimum Gasteiger partial charge on any atom is -0.194 e. The van der Waals surface area contributed by atoms with E-state index in [9.17, 15) is 0 Å². The van der Waals surface area contributed by atoms with Gasteiger partial charge in [0.15, 0.2) is 0 Å². The monoisotopic (exact) mass is 219 g/mol. The minimum absolute atomic E-state index is 0.0851. The van der Waals surface area contributed by atoms with Crippen molar-refractivity contribution >= 4 is 23.1 Å². The van der Waals surface area contributed by atoms with Gasteiger partial charge in [0, 0.05) is 0 Å². The first kappa shape index (κ1) is 12.1. The number of aliphatic imine (C=N–C) groups is 1. The number of rotatable bonds is 1. The summed E-state index contributed by atoms with van der Waals surface area (Å²) < 4.78 is 0. The number of isothiocyanates is 1. The molecule has 1 nitrogen and oxygen atoms in total. The molecule has 15 heavy (non-hydrogen) atoms. The number of nitrogens with zero attached hydrogens (tertiary/aromatic N) is 1. The van der Waals surface area contributed by atoms with E-state index in [0.717, 1.165) is 11.3 Å². The molecular formula is C13H17NS. The van der Waals surface area contributed by atoms with E-state index in [0.29, 0.717) is 0 Å². The Balaban J connectivity index is 3.54. The number of benzene rings is 1. The number of hydrogen-bond acceptors (Lipinski definition) is 2. The molecule has 0 saturated carbocycles. The Kier molecular flexibility index (Phi) is 3.43. The fraction of sp³-hybridized carbons (Fsp3) is 0.462. The lowest BCUT2D eigenvalue weighted by Gasteiger charge is -2.22. The van der Waals surface area contributed by atoms with Gasteiger partial charge in [0.1, 0.15) is 0 Å². The van der Waals surface area contributed by atoms with Crippen LogP contribution in [0.4, 0.5) is 5.69 Å². The van der Waals surface area contributed by atoms with Crippen LogP contribution in [-0.2, 0) is 5.41 Å². The van der Waals surface area contributed by atoms with Crippen LogP contribution in [0.5, 0.6) is 0 Å². The molecule has 1 rings (SSSR count). The zero-order valence-electron chi connectivity index (χ0n) is 10.0. The van der Waals surface area contributed by atoms with Crippen LogP contribution >= 0.6 is 12.2 Å². The van der Waals surface area contributed by atoms with Crippen LogP contribution < -0.4 is 0 Å². The van der Waals surface area contributed by atoms with Crippen LogP contribution in [0.2, 0.25) is 0 Å². The first-order valence-electron chi connectivity index (χ1n) is 5.06. The average molecular weight is 219 g/mol. The Morgan fingerprint density at radius 1 is 1.20 bits per heavy atom. The quantitative estimate of drug-likeness (QED) is 0.505. The Bertz CT molecular complexity index is 421. The summed E-state index contributed by atoms with van der Waals surface area (Å²) in [6.07, 6.45) is 0. The topological polar surface area (TPSA) is 12.4 Å². The smallest absolute Gasteiger partial charge is 0.0806 e. The molecule has 0 unspecified atom stereocenters. The number of thiocarbonyl (C=S) groups is 1. The Labute approximate surface area is 97.2 Å². The van der Waals surface area contributed by atoms with Crippen molar-refractivity contribution in [3.8, 4) is 0 Å². The van der Waals surface area contributed by atoms with Gasteiger partial charge < -0.3 is 0 Å². The summed E-state index contributed by atoms with van der Waals surface area (Å²) in [5, 5.41) is 2.47. The summed E-state index contributed by atoms with van der Waals surface area (Å²) in [6, 6.07) is 4.30. The van der Waals surface area contributed by atoms with Crippen LogP contribution in [0.3, 0.4) is 0 Å². The standard InChI is InChI=1S/C13H17NS/c1-9-6-10(2)12(14-8-15)11(7-9)13(3,4)5/h6-7H,1-5H3. The third-order valence-corrected chi connectivity index (χ3v) is 2.50. The van der Waals surface area contributed by atoms with Crippen molar-refractivity contribution in [2.75, 3.05) is 0 Å². The molecule has 0 aliphatic heterocycles. The second kappa shape index (κ2) is 4.26. The highest BCUT2D eigenvalue weighted by Crippen LogP contribution is 2.34. The van der Waals surface area contributed by atoms with E-state index in [4.69, 9.17) is 12.2 Å². The molecule has 0 atom stereocenters. The van der Waals surface area contributed by atoms with E-state index < -0.39 is 0 Å². The fourth-order valence-corrected chi connectivity index (χ4v) is 1.82. The van der Waals surface area contributed by atoms with Crippen molar-refractivity contribution in [1.29, 1.82) is 0 Å². The highest BCUT2D eigenvalue weighted by Gasteiger charge is 2.19. The molecule has 2 heteroatoms. The summed E-state index contributed by atoms with van der Waals surface area (Å²) in [7, 11) is 0. The van der Waals surface area contributed by atoms with Crippen molar-refractivity contribution in [2.45, 2.75) is 40.0 Å². The maximum atomic E-state index is 4.69. The zero-order chi connectivity index (χ0) is 11.6. The highest BCUT2D eigenvalue weighted by molar-refractivity contribution is 7.78. The van der Waals surface area contributed by atoms with Gasteiger partial charge in [-0.1, -0.05) is 38.5 Å². The number of hydrogen-bond donors (Lipinski definition) is 0. The van der Waals surface area contributed by atoms with Gasteiger partial charge in [-0.3, -0.25) is 0 Å². The summed E-state index contributed by atoms with van der Waals surface area (Å²) in [5.41, 5.74) is 4.72. The van der Waals surface area contributed by atoms with E-state index >= 15 is 0 Å². The molecule has 1 aromatic rings. The molecule has 0 saturated heterocycles. The molecule has 80 valence electrons. The summed E-state index contributed by atoms with van der Waals surface area (Å²) in [4.78, 5) is 4.18. The van der Waals surface area contributed by atoms with E-state index in [1.165, 1.54) is 11.1 Å². The summed E-state index contributed by atoms with van der Waals surface area (Å²) in [6.45, 7) is 10.7. The Hall–Kier alpha value is -0.980. The van der Waals surface area contributed by atoms with Gasteiger partial charge in [-0.05, 0) is 42.6 Å². The molecule has 0 amide bonds. The molecule has 0 radical (unpaired) electrons. The summed E-state index contributed by atoms with van der Waals surface area (Å²) in [5.74, 6) is 0. The molecule has 0 spiro atoms. The van der Waals surface area contributed by atoms with Gasteiger partial charge in [0.25, 0.3) is 0 Å². The lowest BCUT2D eigenvalue weighted by molar-refractivity contribution is 0.590. The van der Waals surface area contributed by atoms with Crippen molar-refractivity contribution in [1.82, 2.24) is 0 Å². The van der Waals surface area contributed by atoms with Crippen LogP contribution in [0, 0.1) is 13.8 Å². The lowest BCUT2D eigenvalue weighted by atomic mass is 9.83. The normalized spacial score (nSPS) is 11.0. The van der Waals surface area contributed by atoms with Gasteiger partial charge in [-0.25, -0.2) is 0 Å². The minimum atomic E-state index is 0.0851. The fourth-order valence-electron chi connectivity index (χ4n) is 1.73. The van der Waals surface area contributed by atoms with Crippen molar-refractivity contribution in [2.24, 2.45) is 4.99 Å². The molecule has 0 N–H and O–H groups in total. The van der Waals surface area contributed by atoms with Gasteiger partial charge in [-0.2, -0.15) is 4.99 Å². The Morgan fingerprint density at radius 3 is 2.27 bits per heavy atom. The molecule has 1 aromatic carbocycles. The lowest BCUT2D eigenvalue weighted by Crippen LogP contribution is -2.12. The predicted molar refractivity (Wildman–Crippen MR) is 69.3 cm³/mol. The largest absolute Gasteiger partial charge is 0.194 e. The molecule has 0 aliphatic rings. The first-order valence-corrected chi connectivity index (χ1v) is 5.46. The maximum Gasteiger partial charge on any atom is 0.0806 e. The second-order valence-electron chi connectivity index (χ2n) is 4.93. The van der Waals surface area contributed by atoms with Gasteiger partial charge in [-0.15, -0.1) is 0 Å². The number of aryl methyl sites for hydroxylation is 2. The highest BCUT2D eigenvalue weighted by atomic mass is 32.1. The zero-order valence-corrected chi connectivity index (χ0v) is 10.8. The van der Waals surface area contributed by atoms with Crippen LogP contribution in [-0.4, -0.2) is 5.16 Å². The van der Waals surface area contributed by atoms with E-state index in [1.54, 1.807) is 0 Å². The average Bonchev–Trinajstić information content (AvgIpc) is 2.07. The second-order valence-corrected chi connectivity index (χ2v) is 5.11.